The lowest BCUT2D eigenvalue weighted by atomic mass is 10.0. The fourth-order valence-electron chi connectivity index (χ4n) is 3.21. The number of benzene rings is 1. The van der Waals surface area contributed by atoms with E-state index in [-0.39, 0.29) is 31.2 Å². The van der Waals surface area contributed by atoms with Crippen molar-refractivity contribution in [3.05, 3.63) is 47.9 Å². The first-order valence-electron chi connectivity index (χ1n) is 9.41. The number of ether oxygens (including phenoxy) is 1. The van der Waals surface area contributed by atoms with Gasteiger partial charge in [-0.15, -0.1) is 0 Å². The summed E-state index contributed by atoms with van der Waals surface area (Å²) in [4.78, 5) is 35.1. The Morgan fingerprint density at radius 2 is 2.13 bits per heavy atom. The Morgan fingerprint density at radius 3 is 2.77 bits per heavy atom. The zero-order chi connectivity index (χ0) is 22.6. The molecule has 2 heterocycles. The summed E-state index contributed by atoms with van der Waals surface area (Å²) < 4.78 is 19.5. The molecule has 31 heavy (non-hydrogen) atoms. The van der Waals surface area contributed by atoms with Crippen LogP contribution in [0.15, 0.2) is 36.7 Å². The first kappa shape index (κ1) is 22.1. The highest BCUT2D eigenvalue weighted by atomic mass is 19.1. The van der Waals surface area contributed by atoms with Crippen LogP contribution in [0.1, 0.15) is 16.1 Å². The summed E-state index contributed by atoms with van der Waals surface area (Å²) >= 11 is 0. The minimum absolute atomic E-state index is 0.0450. The average molecular weight is 427 g/mol. The van der Waals surface area contributed by atoms with Gasteiger partial charge >= 0.3 is 0 Å². The summed E-state index contributed by atoms with van der Waals surface area (Å²) in [5.74, 6) is 3.75. The van der Waals surface area contributed by atoms with Crippen LogP contribution in [0.3, 0.4) is 0 Å². The number of hydrogen-bond acceptors (Lipinski definition) is 7. The van der Waals surface area contributed by atoms with Gasteiger partial charge < -0.3 is 25.4 Å². The number of carbonyl (C=O) groups is 2. The smallest absolute Gasteiger partial charge is 0.271 e. The van der Waals surface area contributed by atoms with Gasteiger partial charge in [-0.25, -0.2) is 14.4 Å². The van der Waals surface area contributed by atoms with E-state index in [1.54, 1.807) is 29.2 Å². The normalized spacial score (nSPS) is 20.3. The number of halogens is 1. The second-order valence-electron chi connectivity index (χ2n) is 6.92. The van der Waals surface area contributed by atoms with Gasteiger partial charge in [-0.3, -0.25) is 9.59 Å². The number of amides is 2. The first-order chi connectivity index (χ1) is 14.8. The number of hydrogen-bond donors (Lipinski definition) is 2. The minimum atomic E-state index is -2.43. The molecule has 1 unspecified atom stereocenters. The largest absolute Gasteiger partial charge is 0.383 e. The summed E-state index contributed by atoms with van der Waals surface area (Å²) in [6, 6.07) is 6.79. The number of likely N-dealkylation sites (tertiary alicyclic amines) is 1. The maximum Gasteiger partial charge on any atom is 0.271 e. The van der Waals surface area contributed by atoms with E-state index in [1.165, 1.54) is 26.6 Å². The number of nitrogens with two attached hydrogens (primary N) is 1. The fourth-order valence-corrected chi connectivity index (χ4v) is 3.21. The Morgan fingerprint density at radius 1 is 1.42 bits per heavy atom. The van der Waals surface area contributed by atoms with Crippen LogP contribution in [-0.2, 0) is 9.53 Å². The van der Waals surface area contributed by atoms with Crippen molar-refractivity contribution in [2.45, 2.75) is 11.8 Å². The Hall–Kier alpha value is -3.55. The highest BCUT2D eigenvalue weighted by Crippen LogP contribution is 2.29. The Labute approximate surface area is 178 Å². The molecule has 0 bridgehead atoms. The molecule has 0 radical (unpaired) electrons. The van der Waals surface area contributed by atoms with Gasteiger partial charge in [0.1, 0.15) is 0 Å². The lowest BCUT2D eigenvalue weighted by Gasteiger charge is -2.25. The quantitative estimate of drug-likeness (QED) is 0.634. The third kappa shape index (κ3) is 4.33. The molecular formula is C21H22FN5O4. The zero-order valence-electron chi connectivity index (χ0n) is 17.1. The summed E-state index contributed by atoms with van der Waals surface area (Å²) in [5.41, 5.74) is 3.85. The van der Waals surface area contributed by atoms with E-state index < -0.39 is 23.6 Å². The summed E-state index contributed by atoms with van der Waals surface area (Å²) in [6.07, 6.45) is 0.929. The van der Waals surface area contributed by atoms with Crippen molar-refractivity contribution >= 4 is 23.3 Å². The van der Waals surface area contributed by atoms with Crippen LogP contribution in [0.4, 0.5) is 15.9 Å². The van der Waals surface area contributed by atoms with Gasteiger partial charge in [0, 0.05) is 38.7 Å². The molecule has 9 nitrogen and oxygen atoms in total. The fraction of sp³-hybridized carbons (Fsp3) is 0.333. The standard InChI is InChI=1S/C21H22FN5O4/c1-26-13-16(22)21(30,20(26)29)8-7-14-5-3-4-6-15(14)27(11-12-31-2)19-17(18(23)28)24-9-10-25-19/h3-6,9-10,16,30H,11-13H2,1-2H3,(H2,23,28)/t16?,21-/m0/s1. The molecular weight excluding hydrogens is 405 g/mol. The molecule has 1 aromatic carbocycles. The second kappa shape index (κ2) is 9.07. The van der Waals surface area contributed by atoms with E-state index >= 15 is 0 Å². The summed E-state index contributed by atoms with van der Waals surface area (Å²) in [7, 11) is 2.92. The molecule has 0 aliphatic carbocycles. The van der Waals surface area contributed by atoms with E-state index in [2.05, 4.69) is 21.8 Å². The predicted molar refractivity (Wildman–Crippen MR) is 110 cm³/mol. The molecule has 1 aliphatic heterocycles. The van der Waals surface area contributed by atoms with Crippen LogP contribution in [0.2, 0.25) is 0 Å². The molecule has 162 valence electrons. The molecule has 3 rings (SSSR count). The van der Waals surface area contributed by atoms with Gasteiger partial charge in [-0.2, -0.15) is 0 Å². The number of anilines is 2. The van der Waals surface area contributed by atoms with Crippen LogP contribution < -0.4 is 10.6 Å². The van der Waals surface area contributed by atoms with Crippen molar-refractivity contribution in [3.8, 4) is 11.8 Å². The number of nitrogens with zero attached hydrogens (tertiary/aromatic N) is 4. The zero-order valence-corrected chi connectivity index (χ0v) is 17.1. The van der Waals surface area contributed by atoms with Crippen LogP contribution >= 0.6 is 0 Å². The van der Waals surface area contributed by atoms with Crippen LogP contribution in [0, 0.1) is 11.8 Å². The summed E-state index contributed by atoms with van der Waals surface area (Å²) in [5, 5.41) is 10.5. The highest BCUT2D eigenvalue weighted by molar-refractivity contribution is 5.96. The van der Waals surface area contributed by atoms with E-state index in [4.69, 9.17) is 10.5 Å². The summed E-state index contributed by atoms with van der Waals surface area (Å²) in [6.45, 7) is 0.301. The van der Waals surface area contributed by atoms with E-state index in [0.717, 1.165) is 4.90 Å². The molecule has 1 saturated heterocycles. The van der Waals surface area contributed by atoms with Gasteiger partial charge in [-0.1, -0.05) is 18.1 Å². The molecule has 3 N–H and O–H groups in total. The third-order valence-corrected chi connectivity index (χ3v) is 4.83. The van der Waals surface area contributed by atoms with Gasteiger partial charge in [0.15, 0.2) is 17.7 Å². The number of carbonyl (C=O) groups excluding carboxylic acids is 2. The topological polar surface area (TPSA) is 122 Å². The van der Waals surface area contributed by atoms with Crippen molar-refractivity contribution < 1.29 is 23.8 Å². The maximum absolute atomic E-state index is 14.3. The van der Waals surface area contributed by atoms with Crippen LogP contribution in [0.25, 0.3) is 0 Å². The molecule has 2 atom stereocenters. The third-order valence-electron chi connectivity index (χ3n) is 4.83. The van der Waals surface area contributed by atoms with Crippen LogP contribution in [0.5, 0.6) is 0 Å². The Balaban J connectivity index is 2.09. The number of rotatable bonds is 6. The molecule has 0 spiro atoms. The van der Waals surface area contributed by atoms with Gasteiger partial charge in [0.05, 0.1) is 18.8 Å². The molecule has 1 aromatic heterocycles. The number of likely N-dealkylation sites (N-methyl/N-ethyl adjacent to an activating group) is 1. The van der Waals surface area contributed by atoms with Crippen molar-refractivity contribution in [3.63, 3.8) is 0 Å². The number of aromatic nitrogens is 2. The van der Waals surface area contributed by atoms with E-state index in [1.807, 2.05) is 0 Å². The monoisotopic (exact) mass is 427 g/mol. The number of aliphatic hydroxyl groups is 1. The van der Waals surface area contributed by atoms with Crippen molar-refractivity contribution in [1.82, 2.24) is 14.9 Å². The van der Waals surface area contributed by atoms with E-state index in [0.29, 0.717) is 11.3 Å². The van der Waals surface area contributed by atoms with Gasteiger partial charge in [0.25, 0.3) is 11.8 Å². The lowest BCUT2D eigenvalue weighted by Crippen LogP contribution is -2.42. The van der Waals surface area contributed by atoms with Crippen molar-refractivity contribution in [1.29, 1.82) is 0 Å². The molecule has 2 amide bonds. The Kier molecular flexibility index (Phi) is 6.48. The second-order valence-corrected chi connectivity index (χ2v) is 6.92. The SMILES string of the molecule is COCCN(c1ccccc1C#C[C@@]1(O)C(=O)N(C)CC1F)c1nccnc1C(N)=O. The highest BCUT2D eigenvalue weighted by Gasteiger charge is 2.52. The Bertz CT molecular complexity index is 1050. The van der Waals surface area contributed by atoms with E-state index in [9.17, 15) is 19.1 Å². The molecule has 1 fully saturated rings. The van der Waals surface area contributed by atoms with Crippen molar-refractivity contribution in [2.24, 2.45) is 5.73 Å². The number of para-hydroxylation sites is 1. The molecule has 2 aromatic rings. The maximum atomic E-state index is 14.3. The molecule has 0 saturated carbocycles. The average Bonchev–Trinajstić information content (AvgIpc) is 2.96. The van der Waals surface area contributed by atoms with Crippen LogP contribution in [-0.4, -0.2) is 77.4 Å². The number of primary amides is 1. The number of methoxy groups -OCH3 is 1. The first-order valence-corrected chi connectivity index (χ1v) is 9.41. The molecule has 1 aliphatic rings. The number of alkyl halides is 1. The van der Waals surface area contributed by atoms with Crippen molar-refractivity contribution in [2.75, 3.05) is 38.8 Å². The minimum Gasteiger partial charge on any atom is -0.383 e. The van der Waals surface area contributed by atoms with Gasteiger partial charge in [0.2, 0.25) is 5.60 Å². The van der Waals surface area contributed by atoms with Gasteiger partial charge in [-0.05, 0) is 18.1 Å². The lowest BCUT2D eigenvalue weighted by molar-refractivity contribution is -0.139. The molecule has 10 heteroatoms. The predicted octanol–water partition coefficient (Wildman–Crippen LogP) is 0.253.